The molecule has 1 fully saturated rings. The number of halogens is 1. The van der Waals surface area contributed by atoms with Gasteiger partial charge in [0.1, 0.15) is 0 Å². The van der Waals surface area contributed by atoms with E-state index >= 15 is 0 Å². The monoisotopic (exact) mass is 389 g/mol. The number of benzene rings is 1. The lowest BCUT2D eigenvalue weighted by atomic mass is 9.99. The summed E-state index contributed by atoms with van der Waals surface area (Å²) in [6, 6.07) is 6.66. The van der Waals surface area contributed by atoms with Gasteiger partial charge in [-0.2, -0.15) is 4.31 Å². The van der Waals surface area contributed by atoms with Crippen molar-refractivity contribution >= 4 is 31.9 Å². The van der Waals surface area contributed by atoms with Crippen molar-refractivity contribution in [2.75, 3.05) is 19.7 Å². The molecule has 0 amide bonds. The van der Waals surface area contributed by atoms with Gasteiger partial charge in [0.15, 0.2) is 0 Å². The average molecular weight is 390 g/mol. The second-order valence-electron chi connectivity index (χ2n) is 5.34. The average Bonchev–Trinajstić information content (AvgIpc) is 2.53. The molecule has 2 rings (SSSR count). The highest BCUT2D eigenvalue weighted by molar-refractivity contribution is 9.10. The van der Waals surface area contributed by atoms with Gasteiger partial charge in [-0.25, -0.2) is 8.42 Å². The third-order valence-corrected chi connectivity index (χ3v) is 6.24. The predicted molar refractivity (Wildman–Crippen MR) is 86.9 cm³/mol. The molecule has 0 spiro atoms. The Kier molecular flexibility index (Phi) is 6.00. The van der Waals surface area contributed by atoms with E-state index in [9.17, 15) is 13.2 Å². The molecular formula is C15H20BrNO4S. The van der Waals surface area contributed by atoms with Crippen molar-refractivity contribution in [3.63, 3.8) is 0 Å². The van der Waals surface area contributed by atoms with E-state index in [1.165, 1.54) is 4.31 Å². The highest BCUT2D eigenvalue weighted by Crippen LogP contribution is 2.25. The number of piperidine rings is 1. The number of carbonyl (C=O) groups is 1. The predicted octanol–water partition coefficient (Wildman–Crippen LogP) is 2.80. The topological polar surface area (TPSA) is 63.7 Å². The van der Waals surface area contributed by atoms with Gasteiger partial charge in [0.05, 0.1) is 11.5 Å². The van der Waals surface area contributed by atoms with E-state index in [4.69, 9.17) is 4.74 Å². The van der Waals surface area contributed by atoms with Crippen molar-refractivity contribution < 1.29 is 17.9 Å². The van der Waals surface area contributed by atoms with Gasteiger partial charge in [-0.05, 0) is 43.0 Å². The summed E-state index contributed by atoms with van der Waals surface area (Å²) in [7, 11) is -3.43. The first kappa shape index (κ1) is 17.4. The molecule has 1 saturated heterocycles. The van der Waals surface area contributed by atoms with E-state index in [0.29, 0.717) is 43.9 Å². The van der Waals surface area contributed by atoms with E-state index in [0.717, 1.165) is 4.47 Å². The van der Waals surface area contributed by atoms with Crippen LogP contribution in [0.25, 0.3) is 0 Å². The van der Waals surface area contributed by atoms with Crippen LogP contribution in [-0.4, -0.2) is 38.4 Å². The van der Waals surface area contributed by atoms with Crippen molar-refractivity contribution in [2.45, 2.75) is 31.1 Å². The summed E-state index contributed by atoms with van der Waals surface area (Å²) in [4.78, 5) is 11.5. The molecule has 0 bridgehead atoms. The zero-order valence-electron chi connectivity index (χ0n) is 12.5. The van der Waals surface area contributed by atoms with E-state index in [1.54, 1.807) is 31.2 Å². The highest BCUT2D eigenvalue weighted by atomic mass is 79.9. The summed E-state index contributed by atoms with van der Waals surface area (Å²) in [6.07, 6.45) is 1.80. The third kappa shape index (κ3) is 4.30. The Labute approximate surface area is 139 Å². The number of hydrogen-bond donors (Lipinski definition) is 0. The molecule has 0 unspecified atom stereocenters. The quantitative estimate of drug-likeness (QED) is 0.726. The van der Waals surface area contributed by atoms with Gasteiger partial charge in [0, 0.05) is 24.0 Å². The van der Waals surface area contributed by atoms with Crippen LogP contribution >= 0.6 is 15.9 Å². The Morgan fingerprint density at radius 3 is 2.41 bits per heavy atom. The van der Waals surface area contributed by atoms with Gasteiger partial charge in [0.25, 0.3) is 0 Å². The summed E-state index contributed by atoms with van der Waals surface area (Å²) in [5.41, 5.74) is 0. The van der Waals surface area contributed by atoms with Crippen LogP contribution in [0.4, 0.5) is 0 Å². The standard InChI is InChI=1S/C15H20BrNO4S/c1-2-15(18)21-11-12-7-9-17(10-8-12)22(19,20)14-5-3-13(16)4-6-14/h3-6,12H,2,7-11H2,1H3. The molecule has 5 nitrogen and oxygen atoms in total. The molecule has 0 radical (unpaired) electrons. The molecule has 0 aromatic heterocycles. The molecule has 0 atom stereocenters. The van der Waals surface area contributed by atoms with E-state index in [2.05, 4.69) is 15.9 Å². The Hall–Kier alpha value is -0.920. The molecule has 0 saturated carbocycles. The van der Waals surface area contributed by atoms with Crippen LogP contribution in [0.1, 0.15) is 26.2 Å². The lowest BCUT2D eigenvalue weighted by Gasteiger charge is -2.30. The SMILES string of the molecule is CCC(=O)OCC1CCN(S(=O)(=O)c2ccc(Br)cc2)CC1. The fraction of sp³-hybridized carbons (Fsp3) is 0.533. The van der Waals surface area contributed by atoms with Crippen molar-refractivity contribution in [3.8, 4) is 0 Å². The van der Waals surface area contributed by atoms with Gasteiger partial charge in [-0.1, -0.05) is 22.9 Å². The minimum Gasteiger partial charge on any atom is -0.465 e. The fourth-order valence-electron chi connectivity index (χ4n) is 2.38. The first-order valence-electron chi connectivity index (χ1n) is 7.35. The van der Waals surface area contributed by atoms with Crippen LogP contribution in [0.3, 0.4) is 0 Å². The maximum Gasteiger partial charge on any atom is 0.305 e. The smallest absolute Gasteiger partial charge is 0.305 e. The van der Waals surface area contributed by atoms with Crippen LogP contribution in [-0.2, 0) is 19.6 Å². The van der Waals surface area contributed by atoms with Crippen molar-refractivity contribution in [1.29, 1.82) is 0 Å². The molecule has 1 heterocycles. The molecule has 0 N–H and O–H groups in total. The minimum absolute atomic E-state index is 0.204. The molecular weight excluding hydrogens is 370 g/mol. The summed E-state index contributed by atoms with van der Waals surface area (Å²) < 4.78 is 32.6. The second-order valence-corrected chi connectivity index (χ2v) is 8.19. The zero-order valence-corrected chi connectivity index (χ0v) is 14.9. The van der Waals surface area contributed by atoms with E-state index < -0.39 is 10.0 Å². The highest BCUT2D eigenvalue weighted by Gasteiger charge is 2.29. The molecule has 22 heavy (non-hydrogen) atoms. The van der Waals surface area contributed by atoms with E-state index in [-0.39, 0.29) is 11.9 Å². The molecule has 1 aromatic carbocycles. The lowest BCUT2D eigenvalue weighted by Crippen LogP contribution is -2.39. The van der Waals surface area contributed by atoms with Gasteiger partial charge in [-0.3, -0.25) is 4.79 Å². The second kappa shape index (κ2) is 7.57. The number of carbonyl (C=O) groups excluding carboxylic acids is 1. The molecule has 0 aliphatic carbocycles. The summed E-state index contributed by atoms with van der Waals surface area (Å²) >= 11 is 3.30. The van der Waals surface area contributed by atoms with Crippen molar-refractivity contribution in [2.24, 2.45) is 5.92 Å². The van der Waals surface area contributed by atoms with Crippen LogP contribution in [0.5, 0.6) is 0 Å². The van der Waals surface area contributed by atoms with Crippen LogP contribution in [0, 0.1) is 5.92 Å². The minimum atomic E-state index is -3.43. The Morgan fingerprint density at radius 1 is 1.27 bits per heavy atom. The normalized spacial score (nSPS) is 17.4. The molecule has 7 heteroatoms. The number of ether oxygens (including phenoxy) is 1. The first-order valence-corrected chi connectivity index (χ1v) is 9.58. The zero-order chi connectivity index (χ0) is 16.2. The molecule has 1 aromatic rings. The lowest BCUT2D eigenvalue weighted by molar-refractivity contribution is -0.145. The third-order valence-electron chi connectivity index (χ3n) is 3.79. The van der Waals surface area contributed by atoms with Crippen LogP contribution in [0.2, 0.25) is 0 Å². The fourth-order valence-corrected chi connectivity index (χ4v) is 4.12. The largest absolute Gasteiger partial charge is 0.465 e. The maximum absolute atomic E-state index is 12.5. The Balaban J connectivity index is 1.93. The van der Waals surface area contributed by atoms with Gasteiger partial charge in [0.2, 0.25) is 10.0 Å². The summed E-state index contributed by atoms with van der Waals surface area (Å²) in [6.45, 7) is 3.08. The van der Waals surface area contributed by atoms with Gasteiger partial charge < -0.3 is 4.74 Å². The molecule has 122 valence electrons. The number of hydrogen-bond acceptors (Lipinski definition) is 4. The Morgan fingerprint density at radius 2 is 1.86 bits per heavy atom. The molecule has 1 aliphatic heterocycles. The summed E-state index contributed by atoms with van der Waals surface area (Å²) in [5.74, 6) is 0.0387. The van der Waals surface area contributed by atoms with Crippen LogP contribution < -0.4 is 0 Å². The molecule has 1 aliphatic rings. The maximum atomic E-state index is 12.5. The Bertz CT molecular complexity index is 607. The number of sulfonamides is 1. The van der Waals surface area contributed by atoms with Crippen LogP contribution in [0.15, 0.2) is 33.6 Å². The van der Waals surface area contributed by atoms with Gasteiger partial charge >= 0.3 is 5.97 Å². The first-order chi connectivity index (χ1) is 10.4. The van der Waals surface area contributed by atoms with E-state index in [1.807, 2.05) is 0 Å². The number of rotatable bonds is 5. The van der Waals surface area contributed by atoms with Crippen molar-refractivity contribution in [1.82, 2.24) is 4.31 Å². The summed E-state index contributed by atoms with van der Waals surface area (Å²) in [5, 5.41) is 0. The number of esters is 1. The number of nitrogens with zero attached hydrogens (tertiary/aromatic N) is 1. The van der Waals surface area contributed by atoms with Gasteiger partial charge in [-0.15, -0.1) is 0 Å². The van der Waals surface area contributed by atoms with Crippen molar-refractivity contribution in [3.05, 3.63) is 28.7 Å².